The van der Waals surface area contributed by atoms with Gasteiger partial charge in [-0.1, -0.05) is 19.3 Å². The third-order valence-electron chi connectivity index (χ3n) is 5.70. The fraction of sp³-hybridized carbons (Fsp3) is 0.500. The summed E-state index contributed by atoms with van der Waals surface area (Å²) in [5.41, 5.74) is 2.72. The van der Waals surface area contributed by atoms with Gasteiger partial charge in [0.1, 0.15) is 0 Å². The van der Waals surface area contributed by atoms with Crippen molar-refractivity contribution < 1.29 is 4.79 Å². The lowest BCUT2D eigenvalue weighted by atomic mass is 9.95. The van der Waals surface area contributed by atoms with Gasteiger partial charge in [0.15, 0.2) is 0 Å². The van der Waals surface area contributed by atoms with Crippen LogP contribution in [0.1, 0.15) is 61.7 Å². The van der Waals surface area contributed by atoms with Gasteiger partial charge in [0.25, 0.3) is 5.91 Å². The first kappa shape index (κ1) is 18.7. The molecular weight excluding hydrogens is 350 g/mol. The van der Waals surface area contributed by atoms with Crippen LogP contribution in [0.4, 0.5) is 17.3 Å². The first-order valence-corrected chi connectivity index (χ1v) is 10.5. The summed E-state index contributed by atoms with van der Waals surface area (Å²) in [5, 5.41) is 6.31. The Morgan fingerprint density at radius 2 is 1.54 bits per heavy atom. The molecule has 0 radical (unpaired) electrons. The smallest absolute Gasteiger partial charge is 0.254 e. The molecule has 1 aliphatic carbocycles. The lowest BCUT2D eigenvalue weighted by Crippen LogP contribution is -2.36. The normalized spacial score (nSPS) is 17.9. The summed E-state index contributed by atoms with van der Waals surface area (Å²) in [6, 6.07) is 8.67. The first-order chi connectivity index (χ1) is 13.8. The minimum Gasteiger partial charge on any atom is -0.372 e. The van der Waals surface area contributed by atoms with Crippen molar-refractivity contribution in [2.75, 3.05) is 23.3 Å². The Bertz CT molecular complexity index is 763. The van der Waals surface area contributed by atoms with Crippen LogP contribution in [-0.2, 0) is 0 Å². The molecule has 2 aliphatic rings. The van der Waals surface area contributed by atoms with Gasteiger partial charge in [0, 0.05) is 42.9 Å². The van der Waals surface area contributed by atoms with Gasteiger partial charge < -0.3 is 15.5 Å². The van der Waals surface area contributed by atoms with Gasteiger partial charge in [-0.3, -0.25) is 4.79 Å². The van der Waals surface area contributed by atoms with Crippen LogP contribution in [-0.4, -0.2) is 35.0 Å². The largest absolute Gasteiger partial charge is 0.372 e. The topological polar surface area (TPSA) is 70.2 Å². The molecule has 2 N–H and O–H groups in total. The minimum atomic E-state index is -0.0793. The molecule has 2 aromatic rings. The molecule has 148 valence electrons. The van der Waals surface area contributed by atoms with E-state index in [4.69, 9.17) is 0 Å². The van der Waals surface area contributed by atoms with Crippen molar-refractivity contribution in [1.29, 1.82) is 0 Å². The molecule has 4 rings (SSSR count). The molecule has 0 bridgehead atoms. The van der Waals surface area contributed by atoms with E-state index in [1.54, 1.807) is 12.4 Å². The fourth-order valence-electron chi connectivity index (χ4n) is 4.06. The zero-order valence-electron chi connectivity index (χ0n) is 16.4. The van der Waals surface area contributed by atoms with E-state index in [0.29, 0.717) is 11.5 Å². The van der Waals surface area contributed by atoms with Gasteiger partial charge in [-0.15, -0.1) is 0 Å². The molecule has 6 heteroatoms. The van der Waals surface area contributed by atoms with Crippen LogP contribution in [0.2, 0.25) is 0 Å². The quantitative estimate of drug-likeness (QED) is 0.812. The van der Waals surface area contributed by atoms with Crippen LogP contribution in [0.15, 0.2) is 36.7 Å². The summed E-state index contributed by atoms with van der Waals surface area (Å²) in [6.07, 6.45) is 12.9. The van der Waals surface area contributed by atoms with Crippen molar-refractivity contribution >= 4 is 23.2 Å². The highest BCUT2D eigenvalue weighted by Gasteiger charge is 2.17. The van der Waals surface area contributed by atoms with E-state index in [9.17, 15) is 4.79 Å². The number of anilines is 3. The van der Waals surface area contributed by atoms with E-state index in [-0.39, 0.29) is 11.9 Å². The second-order valence-electron chi connectivity index (χ2n) is 7.82. The Hall–Kier alpha value is -2.63. The third kappa shape index (κ3) is 4.80. The summed E-state index contributed by atoms with van der Waals surface area (Å²) in [6.45, 7) is 2.28. The minimum absolute atomic E-state index is 0.0793. The molecule has 2 fully saturated rings. The van der Waals surface area contributed by atoms with E-state index < -0.39 is 0 Å². The SMILES string of the molecule is O=C(NC1CCCCC1)c1cnc(Nc2ccc(N3CCCCC3)cc2)nc1. The number of rotatable bonds is 5. The predicted octanol–water partition coefficient (Wildman–Crippen LogP) is 4.27. The zero-order chi connectivity index (χ0) is 19.2. The molecule has 0 unspecified atom stereocenters. The Morgan fingerprint density at radius 1 is 0.893 bits per heavy atom. The van der Waals surface area contributed by atoms with Crippen molar-refractivity contribution in [2.24, 2.45) is 0 Å². The van der Waals surface area contributed by atoms with Crippen LogP contribution >= 0.6 is 0 Å². The fourth-order valence-corrected chi connectivity index (χ4v) is 4.06. The molecule has 6 nitrogen and oxygen atoms in total. The summed E-state index contributed by atoms with van der Waals surface area (Å²) in [4.78, 5) is 23.4. The van der Waals surface area contributed by atoms with Crippen LogP contribution in [0.5, 0.6) is 0 Å². The van der Waals surface area contributed by atoms with E-state index in [2.05, 4.69) is 49.8 Å². The highest BCUT2D eigenvalue weighted by atomic mass is 16.1. The van der Waals surface area contributed by atoms with E-state index in [0.717, 1.165) is 31.6 Å². The van der Waals surface area contributed by atoms with Gasteiger partial charge in [0.2, 0.25) is 5.95 Å². The van der Waals surface area contributed by atoms with Gasteiger partial charge in [0.05, 0.1) is 5.56 Å². The monoisotopic (exact) mass is 379 g/mol. The molecule has 0 spiro atoms. The van der Waals surface area contributed by atoms with Crippen molar-refractivity contribution in [2.45, 2.75) is 57.4 Å². The molecule has 28 heavy (non-hydrogen) atoms. The number of amides is 1. The standard InChI is InChI=1S/C22H29N5O/c28-21(25-18-7-3-1-4-8-18)17-15-23-22(24-16-17)26-19-9-11-20(12-10-19)27-13-5-2-6-14-27/h9-12,15-16,18H,1-8,13-14H2,(H,25,28)(H,23,24,26). The maximum Gasteiger partial charge on any atom is 0.254 e. The Morgan fingerprint density at radius 3 is 2.21 bits per heavy atom. The molecule has 1 amide bonds. The van der Waals surface area contributed by atoms with Crippen LogP contribution in [0, 0.1) is 0 Å². The second kappa shape index (κ2) is 9.04. The number of hydrogen-bond acceptors (Lipinski definition) is 5. The Labute approximate surface area is 166 Å². The number of carbonyl (C=O) groups is 1. The molecule has 1 saturated heterocycles. The van der Waals surface area contributed by atoms with Crippen molar-refractivity contribution in [3.05, 3.63) is 42.2 Å². The average Bonchev–Trinajstić information content (AvgIpc) is 2.76. The summed E-state index contributed by atoms with van der Waals surface area (Å²) in [7, 11) is 0. The molecule has 2 heterocycles. The highest BCUT2D eigenvalue weighted by Crippen LogP contribution is 2.23. The number of benzene rings is 1. The Balaban J connectivity index is 1.33. The van der Waals surface area contributed by atoms with Gasteiger partial charge in [-0.2, -0.15) is 0 Å². The molecular formula is C22H29N5O. The maximum atomic E-state index is 12.4. The zero-order valence-corrected chi connectivity index (χ0v) is 16.4. The number of nitrogens with zero attached hydrogens (tertiary/aromatic N) is 3. The molecule has 1 aromatic heterocycles. The molecule has 1 aliphatic heterocycles. The summed E-state index contributed by atoms with van der Waals surface area (Å²) >= 11 is 0. The summed E-state index contributed by atoms with van der Waals surface area (Å²) < 4.78 is 0. The average molecular weight is 380 g/mol. The number of carbonyl (C=O) groups excluding carboxylic acids is 1. The first-order valence-electron chi connectivity index (χ1n) is 10.5. The van der Waals surface area contributed by atoms with Crippen LogP contribution < -0.4 is 15.5 Å². The number of aromatic nitrogens is 2. The van der Waals surface area contributed by atoms with Gasteiger partial charge in [-0.25, -0.2) is 9.97 Å². The molecule has 1 saturated carbocycles. The number of piperidine rings is 1. The number of nitrogens with one attached hydrogen (secondary N) is 2. The predicted molar refractivity (Wildman–Crippen MR) is 112 cm³/mol. The van der Waals surface area contributed by atoms with Crippen molar-refractivity contribution in [3.63, 3.8) is 0 Å². The van der Waals surface area contributed by atoms with Crippen LogP contribution in [0.25, 0.3) is 0 Å². The third-order valence-corrected chi connectivity index (χ3v) is 5.70. The lowest BCUT2D eigenvalue weighted by Gasteiger charge is -2.28. The number of hydrogen-bond donors (Lipinski definition) is 2. The summed E-state index contributed by atoms with van der Waals surface area (Å²) in [5.74, 6) is 0.421. The van der Waals surface area contributed by atoms with Crippen molar-refractivity contribution in [1.82, 2.24) is 15.3 Å². The van der Waals surface area contributed by atoms with Gasteiger partial charge >= 0.3 is 0 Å². The molecule has 0 atom stereocenters. The maximum absolute atomic E-state index is 12.4. The van der Waals surface area contributed by atoms with Crippen molar-refractivity contribution in [3.8, 4) is 0 Å². The van der Waals surface area contributed by atoms with E-state index in [1.165, 1.54) is 44.2 Å². The van der Waals surface area contributed by atoms with E-state index >= 15 is 0 Å². The van der Waals surface area contributed by atoms with Crippen LogP contribution in [0.3, 0.4) is 0 Å². The van der Waals surface area contributed by atoms with E-state index in [1.807, 2.05) is 0 Å². The second-order valence-corrected chi connectivity index (χ2v) is 7.82. The Kier molecular flexibility index (Phi) is 6.04. The van der Waals surface area contributed by atoms with Gasteiger partial charge in [-0.05, 0) is 56.4 Å². The lowest BCUT2D eigenvalue weighted by molar-refractivity contribution is 0.0927. The highest BCUT2D eigenvalue weighted by molar-refractivity contribution is 5.93. The molecule has 1 aromatic carbocycles.